The molecule has 0 saturated heterocycles. The smallest absolute Gasteiger partial charge is 0.143 e. The van der Waals surface area contributed by atoms with Gasteiger partial charge in [-0.1, -0.05) is 23.2 Å². The number of rotatable bonds is 3. The summed E-state index contributed by atoms with van der Waals surface area (Å²) in [4.78, 5) is 0. The van der Waals surface area contributed by atoms with E-state index in [1.54, 1.807) is 6.07 Å². The fraction of sp³-hybridized carbons (Fsp3) is 0.300. The molecule has 0 spiro atoms. The van der Waals surface area contributed by atoms with Gasteiger partial charge in [0.15, 0.2) is 0 Å². The van der Waals surface area contributed by atoms with Crippen LogP contribution in [0.5, 0.6) is 0 Å². The van der Waals surface area contributed by atoms with Crippen molar-refractivity contribution in [2.24, 2.45) is 0 Å². The van der Waals surface area contributed by atoms with Gasteiger partial charge in [0.05, 0.1) is 23.6 Å². The molecule has 1 rings (SSSR count). The molecule has 0 bridgehead atoms. The first-order valence-electron chi connectivity index (χ1n) is 4.35. The third kappa shape index (κ3) is 2.83. The highest BCUT2D eigenvalue weighted by Gasteiger charge is 2.22. The van der Waals surface area contributed by atoms with E-state index in [1.165, 1.54) is 6.07 Å². The van der Waals surface area contributed by atoms with Gasteiger partial charge in [0.2, 0.25) is 0 Å². The van der Waals surface area contributed by atoms with Gasteiger partial charge in [0.1, 0.15) is 11.9 Å². The highest BCUT2D eigenvalue weighted by atomic mass is 35.5. The zero-order chi connectivity index (χ0) is 12.3. The standard InChI is InChI=1S/C10H8Cl2FNO2/c11-5-3-6(9(12)7(13)4-5)10(16)8(15)1-2-14/h3-4,8,10,15-16H,1H2. The molecule has 2 atom stereocenters. The minimum absolute atomic E-state index is 0.0329. The van der Waals surface area contributed by atoms with Crippen molar-refractivity contribution >= 4 is 23.2 Å². The molecule has 0 aliphatic carbocycles. The minimum atomic E-state index is -1.44. The van der Waals surface area contributed by atoms with Crippen LogP contribution in [0, 0.1) is 17.1 Å². The lowest BCUT2D eigenvalue weighted by atomic mass is 10.0. The molecule has 0 aromatic heterocycles. The summed E-state index contributed by atoms with van der Waals surface area (Å²) in [6.07, 6.45) is -3.06. The highest BCUT2D eigenvalue weighted by molar-refractivity contribution is 6.33. The Hall–Kier alpha value is -0.860. The van der Waals surface area contributed by atoms with Crippen LogP contribution in [0.4, 0.5) is 4.39 Å². The molecule has 2 N–H and O–H groups in total. The summed E-state index contributed by atoms with van der Waals surface area (Å²) in [5.41, 5.74) is -0.0329. The van der Waals surface area contributed by atoms with Crippen molar-refractivity contribution in [3.63, 3.8) is 0 Å². The molecule has 0 aliphatic heterocycles. The van der Waals surface area contributed by atoms with E-state index in [9.17, 15) is 14.6 Å². The van der Waals surface area contributed by atoms with Crippen LogP contribution < -0.4 is 0 Å². The maximum atomic E-state index is 13.2. The van der Waals surface area contributed by atoms with E-state index in [0.717, 1.165) is 6.07 Å². The van der Waals surface area contributed by atoms with Crippen LogP contribution in [0.3, 0.4) is 0 Å². The van der Waals surface area contributed by atoms with Crippen LogP contribution in [-0.2, 0) is 0 Å². The molecule has 6 heteroatoms. The van der Waals surface area contributed by atoms with Gasteiger partial charge in [0.25, 0.3) is 0 Å². The van der Waals surface area contributed by atoms with Crippen molar-refractivity contribution in [1.29, 1.82) is 5.26 Å². The number of nitrogens with zero attached hydrogens (tertiary/aromatic N) is 1. The van der Waals surface area contributed by atoms with Crippen LogP contribution in [0.1, 0.15) is 18.1 Å². The van der Waals surface area contributed by atoms with Gasteiger partial charge < -0.3 is 10.2 Å². The van der Waals surface area contributed by atoms with Crippen LogP contribution >= 0.6 is 23.2 Å². The topological polar surface area (TPSA) is 64.2 Å². The monoisotopic (exact) mass is 263 g/mol. The summed E-state index contributed by atoms with van der Waals surface area (Å²) >= 11 is 11.2. The highest BCUT2D eigenvalue weighted by Crippen LogP contribution is 2.31. The van der Waals surface area contributed by atoms with Gasteiger partial charge in [-0.2, -0.15) is 5.26 Å². The van der Waals surface area contributed by atoms with Gasteiger partial charge in [-0.15, -0.1) is 0 Å². The normalized spacial score (nSPS) is 14.2. The molecular weight excluding hydrogens is 256 g/mol. The molecule has 1 aromatic rings. The van der Waals surface area contributed by atoms with E-state index in [1.807, 2.05) is 0 Å². The summed E-state index contributed by atoms with van der Waals surface area (Å²) in [7, 11) is 0. The van der Waals surface area contributed by atoms with E-state index in [0.29, 0.717) is 0 Å². The van der Waals surface area contributed by atoms with Gasteiger partial charge in [-0.25, -0.2) is 4.39 Å². The summed E-state index contributed by atoms with van der Waals surface area (Å²) in [5, 5.41) is 27.1. The molecule has 86 valence electrons. The summed E-state index contributed by atoms with van der Waals surface area (Å²) in [6, 6.07) is 3.93. The first-order chi connectivity index (χ1) is 7.47. The molecule has 3 nitrogen and oxygen atoms in total. The fourth-order valence-corrected chi connectivity index (χ4v) is 1.64. The predicted molar refractivity (Wildman–Crippen MR) is 57.6 cm³/mol. The van der Waals surface area contributed by atoms with Crippen LogP contribution in [-0.4, -0.2) is 16.3 Å². The van der Waals surface area contributed by atoms with Crippen LogP contribution in [0.2, 0.25) is 10.0 Å². The average Bonchev–Trinajstić information content (AvgIpc) is 2.22. The Bertz CT molecular complexity index is 434. The molecule has 0 amide bonds. The lowest BCUT2D eigenvalue weighted by molar-refractivity contribution is 0.0215. The van der Waals surface area contributed by atoms with Crippen LogP contribution in [0.25, 0.3) is 0 Å². The van der Waals surface area contributed by atoms with E-state index in [4.69, 9.17) is 28.5 Å². The first kappa shape index (κ1) is 13.2. The number of benzene rings is 1. The number of aliphatic hydroxyl groups is 2. The second kappa shape index (κ2) is 5.46. The van der Waals surface area contributed by atoms with Crippen molar-refractivity contribution in [3.8, 4) is 6.07 Å². The Morgan fingerprint density at radius 3 is 2.56 bits per heavy atom. The SMILES string of the molecule is N#CCC(O)C(O)c1cc(Cl)cc(F)c1Cl. The van der Waals surface area contributed by atoms with Crippen LogP contribution in [0.15, 0.2) is 12.1 Å². The molecular formula is C10H8Cl2FNO2. The second-order valence-electron chi connectivity index (χ2n) is 3.17. The Morgan fingerprint density at radius 2 is 2.00 bits per heavy atom. The van der Waals surface area contributed by atoms with Gasteiger partial charge in [-0.3, -0.25) is 0 Å². The molecule has 0 heterocycles. The van der Waals surface area contributed by atoms with E-state index < -0.39 is 18.0 Å². The van der Waals surface area contributed by atoms with E-state index >= 15 is 0 Å². The lowest BCUT2D eigenvalue weighted by Crippen LogP contribution is -2.18. The zero-order valence-electron chi connectivity index (χ0n) is 7.99. The van der Waals surface area contributed by atoms with Crippen molar-refractivity contribution in [2.45, 2.75) is 18.6 Å². The van der Waals surface area contributed by atoms with Crippen molar-refractivity contribution < 1.29 is 14.6 Å². The first-order valence-corrected chi connectivity index (χ1v) is 5.10. The molecule has 0 aliphatic rings. The summed E-state index contributed by atoms with van der Waals surface area (Å²) < 4.78 is 13.2. The number of hydrogen-bond donors (Lipinski definition) is 2. The molecule has 2 unspecified atom stereocenters. The third-order valence-electron chi connectivity index (χ3n) is 2.00. The molecule has 1 aromatic carbocycles. The van der Waals surface area contributed by atoms with Crippen molar-refractivity contribution in [1.82, 2.24) is 0 Å². The Kier molecular flexibility index (Phi) is 4.51. The maximum absolute atomic E-state index is 13.2. The molecule has 0 saturated carbocycles. The van der Waals surface area contributed by atoms with Gasteiger partial charge in [-0.05, 0) is 12.1 Å². The third-order valence-corrected chi connectivity index (χ3v) is 2.62. The lowest BCUT2D eigenvalue weighted by Gasteiger charge is -2.17. The van der Waals surface area contributed by atoms with E-state index in [2.05, 4.69) is 0 Å². The van der Waals surface area contributed by atoms with E-state index in [-0.39, 0.29) is 22.0 Å². The largest absolute Gasteiger partial charge is 0.389 e. The number of aliphatic hydroxyl groups excluding tert-OH is 2. The minimum Gasteiger partial charge on any atom is -0.389 e. The van der Waals surface area contributed by atoms with Crippen molar-refractivity contribution in [3.05, 3.63) is 33.6 Å². The Labute approximate surface area is 102 Å². The second-order valence-corrected chi connectivity index (χ2v) is 3.98. The van der Waals surface area contributed by atoms with Crippen molar-refractivity contribution in [2.75, 3.05) is 0 Å². The maximum Gasteiger partial charge on any atom is 0.143 e. The molecule has 16 heavy (non-hydrogen) atoms. The quantitative estimate of drug-likeness (QED) is 0.824. The molecule has 0 fully saturated rings. The number of halogens is 3. The average molecular weight is 264 g/mol. The summed E-state index contributed by atoms with van der Waals surface area (Å²) in [5.74, 6) is -0.785. The molecule has 0 radical (unpaired) electrons. The number of nitriles is 1. The van der Waals surface area contributed by atoms with Gasteiger partial charge in [0, 0.05) is 10.6 Å². The van der Waals surface area contributed by atoms with Gasteiger partial charge >= 0.3 is 0 Å². The summed E-state index contributed by atoms with van der Waals surface area (Å²) in [6.45, 7) is 0. The zero-order valence-corrected chi connectivity index (χ0v) is 9.50. The Morgan fingerprint density at radius 1 is 1.38 bits per heavy atom. The Balaban J connectivity index is 3.08. The number of hydrogen-bond acceptors (Lipinski definition) is 3. The predicted octanol–water partition coefficient (Wildman–Crippen LogP) is 2.44. The fourth-order valence-electron chi connectivity index (χ4n) is 1.20.